The Hall–Kier alpha value is -3.85. The number of hydrogen-bond acceptors (Lipinski definition) is 3. The van der Waals surface area contributed by atoms with Crippen molar-refractivity contribution in [2.24, 2.45) is 0 Å². The molecule has 0 aliphatic carbocycles. The molecule has 0 amide bonds. The lowest BCUT2D eigenvalue weighted by atomic mass is 10.2. The van der Waals surface area contributed by atoms with E-state index in [2.05, 4.69) is 16.0 Å². The molecule has 0 radical (unpaired) electrons. The maximum atomic E-state index is 14.1. The number of aromatic nitrogens is 3. The monoisotopic (exact) mass is 358 g/mol. The minimum absolute atomic E-state index is 0.335. The first-order valence-corrected chi connectivity index (χ1v) is 8.28. The van der Waals surface area contributed by atoms with Gasteiger partial charge in [0, 0.05) is 18.0 Å². The maximum Gasteiger partial charge on any atom is 0.149 e. The summed E-state index contributed by atoms with van der Waals surface area (Å²) in [4.78, 5) is 7.61. The van der Waals surface area contributed by atoms with Crippen molar-refractivity contribution < 1.29 is 9.13 Å². The number of nitrogens with one attached hydrogen (secondary N) is 1. The molecule has 27 heavy (non-hydrogen) atoms. The fourth-order valence-corrected chi connectivity index (χ4v) is 2.92. The van der Waals surface area contributed by atoms with Crippen LogP contribution in [0.15, 0.2) is 60.8 Å². The van der Waals surface area contributed by atoms with Crippen LogP contribution in [0.1, 0.15) is 11.5 Å². The number of halogens is 1. The number of nitrogens with zero attached hydrogens (tertiary/aromatic N) is 3. The fraction of sp³-hybridized carbons (Fsp3) is 0.0476. The van der Waals surface area contributed by atoms with E-state index in [-0.39, 0.29) is 5.82 Å². The number of rotatable bonds is 4. The Kier molecular flexibility index (Phi) is 4.19. The third-order valence-electron chi connectivity index (χ3n) is 4.25. The number of aromatic amines is 1. The highest BCUT2D eigenvalue weighted by Gasteiger charge is 2.11. The maximum absolute atomic E-state index is 14.1. The quantitative estimate of drug-likeness (QED) is 0.544. The first-order chi connectivity index (χ1) is 13.2. The zero-order valence-electron chi connectivity index (χ0n) is 14.5. The lowest BCUT2D eigenvalue weighted by Crippen LogP contribution is -1.98. The summed E-state index contributed by atoms with van der Waals surface area (Å²) in [5.41, 5.74) is 2.95. The van der Waals surface area contributed by atoms with E-state index in [0.29, 0.717) is 28.5 Å². The molecule has 0 aliphatic rings. The third-order valence-corrected chi connectivity index (χ3v) is 4.25. The second-order valence-electron chi connectivity index (χ2n) is 5.89. The average molecular weight is 358 g/mol. The highest BCUT2D eigenvalue weighted by atomic mass is 19.1. The predicted octanol–water partition coefficient (Wildman–Crippen LogP) is 4.57. The second-order valence-corrected chi connectivity index (χ2v) is 5.89. The Morgan fingerprint density at radius 3 is 2.85 bits per heavy atom. The molecule has 4 aromatic rings. The summed E-state index contributed by atoms with van der Waals surface area (Å²) in [6.07, 6.45) is 3.43. The Labute approximate surface area is 155 Å². The van der Waals surface area contributed by atoms with Gasteiger partial charge < -0.3 is 14.3 Å². The molecular weight excluding hydrogens is 343 g/mol. The van der Waals surface area contributed by atoms with Crippen LogP contribution in [0.5, 0.6) is 5.75 Å². The second kappa shape index (κ2) is 6.81. The summed E-state index contributed by atoms with van der Waals surface area (Å²) in [6, 6.07) is 17.7. The summed E-state index contributed by atoms with van der Waals surface area (Å²) in [6.45, 7) is 0. The number of nitriles is 1. The number of imidazole rings is 1. The predicted molar refractivity (Wildman–Crippen MR) is 102 cm³/mol. The van der Waals surface area contributed by atoms with Crippen LogP contribution in [0, 0.1) is 17.1 Å². The molecule has 0 spiro atoms. The molecule has 1 N–H and O–H groups in total. The van der Waals surface area contributed by atoms with Crippen molar-refractivity contribution >= 4 is 22.7 Å². The minimum Gasteiger partial charge on any atom is -0.497 e. The molecule has 2 aromatic heterocycles. The molecule has 0 saturated carbocycles. The summed E-state index contributed by atoms with van der Waals surface area (Å²) in [5.74, 6) is 0.813. The van der Waals surface area contributed by atoms with Crippen molar-refractivity contribution in [2.45, 2.75) is 0 Å². The van der Waals surface area contributed by atoms with Gasteiger partial charge in [0.1, 0.15) is 23.5 Å². The van der Waals surface area contributed by atoms with Crippen LogP contribution in [-0.4, -0.2) is 21.6 Å². The molecule has 2 aromatic carbocycles. The number of para-hydroxylation sites is 1. The zero-order chi connectivity index (χ0) is 18.8. The molecule has 0 unspecified atom stereocenters. The Morgan fingerprint density at radius 1 is 1.22 bits per heavy atom. The van der Waals surface area contributed by atoms with Gasteiger partial charge in [0.05, 0.1) is 29.4 Å². The Bertz CT molecular complexity index is 1200. The largest absolute Gasteiger partial charge is 0.497 e. The van der Waals surface area contributed by atoms with Crippen LogP contribution in [0.3, 0.4) is 0 Å². The molecular formula is C21H15FN4O. The molecule has 6 heteroatoms. The van der Waals surface area contributed by atoms with Crippen molar-refractivity contribution in [2.75, 3.05) is 7.11 Å². The number of fused-ring (bicyclic) bond motifs is 1. The van der Waals surface area contributed by atoms with Crippen molar-refractivity contribution in [3.05, 3.63) is 78.1 Å². The van der Waals surface area contributed by atoms with E-state index in [1.54, 1.807) is 48.2 Å². The standard InChI is InChI=1S/C21H15FN4O/c1-27-16-8-9-18-19(12-16)25-21(24-18)14(13-23)11-15-5-4-10-26(15)20-7-3-2-6-17(20)22/h2-12H,1H3,(H,24,25)/b14-11-. The van der Waals surface area contributed by atoms with Gasteiger partial charge >= 0.3 is 0 Å². The number of hydrogen-bond donors (Lipinski definition) is 1. The topological polar surface area (TPSA) is 66.6 Å². The van der Waals surface area contributed by atoms with E-state index < -0.39 is 0 Å². The molecule has 0 aliphatic heterocycles. The smallest absolute Gasteiger partial charge is 0.149 e. The van der Waals surface area contributed by atoms with Gasteiger partial charge in [0.2, 0.25) is 0 Å². The molecule has 0 bridgehead atoms. The molecule has 132 valence electrons. The Balaban J connectivity index is 1.79. The summed E-state index contributed by atoms with van der Waals surface area (Å²) < 4.78 is 21.1. The number of H-pyrrole nitrogens is 1. The lowest BCUT2D eigenvalue weighted by molar-refractivity contribution is 0.415. The van der Waals surface area contributed by atoms with E-state index in [1.807, 2.05) is 24.3 Å². The molecule has 0 atom stereocenters. The van der Waals surface area contributed by atoms with Crippen LogP contribution < -0.4 is 4.74 Å². The molecule has 5 nitrogen and oxygen atoms in total. The Morgan fingerprint density at radius 2 is 2.07 bits per heavy atom. The van der Waals surface area contributed by atoms with Gasteiger partial charge in [0.25, 0.3) is 0 Å². The van der Waals surface area contributed by atoms with Gasteiger partial charge in [-0.3, -0.25) is 0 Å². The fourth-order valence-electron chi connectivity index (χ4n) is 2.92. The first-order valence-electron chi connectivity index (χ1n) is 8.28. The number of allylic oxidation sites excluding steroid dienone is 1. The number of methoxy groups -OCH3 is 1. The summed E-state index contributed by atoms with van der Waals surface area (Å²) in [5, 5.41) is 9.63. The summed E-state index contributed by atoms with van der Waals surface area (Å²) >= 11 is 0. The van der Waals surface area contributed by atoms with E-state index >= 15 is 0 Å². The van der Waals surface area contributed by atoms with E-state index in [9.17, 15) is 9.65 Å². The zero-order valence-corrected chi connectivity index (χ0v) is 14.5. The van der Waals surface area contributed by atoms with Gasteiger partial charge in [0.15, 0.2) is 0 Å². The van der Waals surface area contributed by atoms with E-state index in [4.69, 9.17) is 4.74 Å². The number of benzene rings is 2. The number of ether oxygens (including phenoxy) is 1. The van der Waals surface area contributed by atoms with Crippen molar-refractivity contribution in [1.29, 1.82) is 5.26 Å². The minimum atomic E-state index is -0.335. The molecule has 4 rings (SSSR count). The molecule has 2 heterocycles. The normalized spacial score (nSPS) is 11.5. The van der Waals surface area contributed by atoms with Crippen molar-refractivity contribution in [3.8, 4) is 17.5 Å². The highest BCUT2D eigenvalue weighted by Crippen LogP contribution is 2.24. The van der Waals surface area contributed by atoms with Crippen LogP contribution in [0.4, 0.5) is 4.39 Å². The SMILES string of the molecule is COc1ccc2nc(/C(C#N)=C\c3cccn3-c3ccccc3F)[nH]c2c1. The van der Waals surface area contributed by atoms with Crippen LogP contribution in [-0.2, 0) is 0 Å². The summed E-state index contributed by atoms with van der Waals surface area (Å²) in [7, 11) is 1.59. The first kappa shape index (κ1) is 16.6. The van der Waals surface area contributed by atoms with Crippen LogP contribution in [0.2, 0.25) is 0 Å². The lowest BCUT2D eigenvalue weighted by Gasteiger charge is -2.07. The van der Waals surface area contributed by atoms with Crippen LogP contribution >= 0.6 is 0 Å². The van der Waals surface area contributed by atoms with Gasteiger partial charge in [-0.2, -0.15) is 5.26 Å². The van der Waals surface area contributed by atoms with Crippen LogP contribution in [0.25, 0.3) is 28.4 Å². The van der Waals surface area contributed by atoms with Gasteiger partial charge in [-0.25, -0.2) is 9.37 Å². The third kappa shape index (κ3) is 3.07. The van der Waals surface area contributed by atoms with Crippen molar-refractivity contribution in [1.82, 2.24) is 14.5 Å². The van der Waals surface area contributed by atoms with E-state index in [1.165, 1.54) is 6.07 Å². The highest BCUT2D eigenvalue weighted by molar-refractivity contribution is 5.90. The average Bonchev–Trinajstić information content (AvgIpc) is 3.32. The van der Waals surface area contributed by atoms with E-state index in [0.717, 1.165) is 11.0 Å². The van der Waals surface area contributed by atoms with Gasteiger partial charge in [-0.1, -0.05) is 12.1 Å². The van der Waals surface area contributed by atoms with Gasteiger partial charge in [-0.15, -0.1) is 0 Å². The van der Waals surface area contributed by atoms with Gasteiger partial charge in [-0.05, 0) is 42.5 Å². The van der Waals surface area contributed by atoms with Crippen molar-refractivity contribution in [3.63, 3.8) is 0 Å². The molecule has 0 saturated heterocycles. The molecule has 0 fully saturated rings.